The van der Waals surface area contributed by atoms with Crippen molar-refractivity contribution in [1.82, 2.24) is 19.7 Å². The highest BCUT2D eigenvalue weighted by Gasteiger charge is 2.22. The fraction of sp³-hybridized carbons (Fsp3) is 0.333. The molecule has 1 aliphatic heterocycles. The summed E-state index contributed by atoms with van der Waals surface area (Å²) in [5.74, 6) is -1.29. The normalized spacial score (nSPS) is 15.1. The van der Waals surface area contributed by atoms with Gasteiger partial charge in [-0.3, -0.25) is 14.6 Å². The van der Waals surface area contributed by atoms with Gasteiger partial charge in [0.25, 0.3) is 5.91 Å². The Morgan fingerprint density at radius 1 is 1.00 bits per heavy atom. The molecule has 1 aromatic heterocycles. The van der Waals surface area contributed by atoms with Gasteiger partial charge in [-0.15, -0.1) is 0 Å². The highest BCUT2D eigenvalue weighted by Crippen LogP contribution is 2.16. The summed E-state index contributed by atoms with van der Waals surface area (Å²) in [6, 6.07) is 14.0. The molecule has 0 N–H and O–H groups in total. The van der Waals surface area contributed by atoms with Gasteiger partial charge in [0, 0.05) is 51.9 Å². The van der Waals surface area contributed by atoms with Crippen LogP contribution in [0.4, 0.5) is 8.78 Å². The van der Waals surface area contributed by atoms with Crippen LogP contribution in [0.25, 0.3) is 0 Å². The number of aromatic nitrogens is 1. The Morgan fingerprint density at radius 3 is 2.41 bits per heavy atom. The van der Waals surface area contributed by atoms with Gasteiger partial charge in [-0.05, 0) is 11.6 Å². The molecule has 0 bridgehead atoms. The van der Waals surface area contributed by atoms with Crippen molar-refractivity contribution in [2.45, 2.75) is 19.6 Å². The zero-order chi connectivity index (χ0) is 22.5. The second-order valence-electron chi connectivity index (χ2n) is 8.04. The van der Waals surface area contributed by atoms with E-state index in [1.165, 1.54) is 12.3 Å². The second-order valence-corrected chi connectivity index (χ2v) is 8.04. The van der Waals surface area contributed by atoms with E-state index in [0.29, 0.717) is 36.8 Å². The summed E-state index contributed by atoms with van der Waals surface area (Å²) in [5, 5.41) is 0. The summed E-state index contributed by atoms with van der Waals surface area (Å²) < 4.78 is 32.8. The molecule has 168 valence electrons. The van der Waals surface area contributed by atoms with Gasteiger partial charge in [-0.1, -0.05) is 42.5 Å². The third-order valence-corrected chi connectivity index (χ3v) is 5.63. The molecule has 0 aliphatic carbocycles. The van der Waals surface area contributed by atoms with Crippen molar-refractivity contribution in [3.05, 3.63) is 89.1 Å². The van der Waals surface area contributed by atoms with Crippen LogP contribution < -0.4 is 0 Å². The van der Waals surface area contributed by atoms with Crippen LogP contribution in [-0.4, -0.2) is 58.8 Å². The Hall–Kier alpha value is -3.10. The van der Waals surface area contributed by atoms with E-state index in [9.17, 15) is 13.6 Å². The Bertz CT molecular complexity index is 1050. The first-order valence-electron chi connectivity index (χ1n) is 10.6. The predicted molar refractivity (Wildman–Crippen MR) is 116 cm³/mol. The van der Waals surface area contributed by atoms with E-state index in [1.807, 2.05) is 30.3 Å². The van der Waals surface area contributed by atoms with E-state index >= 15 is 0 Å². The number of rotatable bonds is 7. The minimum Gasteiger partial charge on any atom is -0.447 e. The zero-order valence-electron chi connectivity index (χ0n) is 18.0. The Labute approximate surface area is 186 Å². The maximum absolute atomic E-state index is 13.9. The molecular weight excluding hydrogens is 414 g/mol. The number of hydrogen-bond donors (Lipinski definition) is 0. The molecule has 2 aromatic carbocycles. The number of hydrogen-bond acceptors (Lipinski definition) is 5. The summed E-state index contributed by atoms with van der Waals surface area (Å²) >= 11 is 0. The number of piperazine rings is 1. The highest BCUT2D eigenvalue weighted by molar-refractivity contribution is 5.91. The molecule has 0 saturated carbocycles. The quantitative estimate of drug-likeness (QED) is 0.563. The number of amides is 1. The predicted octanol–water partition coefficient (Wildman–Crippen LogP) is 3.54. The molecule has 0 atom stereocenters. The fourth-order valence-electron chi connectivity index (χ4n) is 3.81. The molecule has 32 heavy (non-hydrogen) atoms. The average Bonchev–Trinajstić information content (AvgIpc) is 3.27. The number of halogens is 2. The fourth-order valence-corrected chi connectivity index (χ4v) is 3.81. The maximum atomic E-state index is 13.9. The lowest BCUT2D eigenvalue weighted by Crippen LogP contribution is -2.45. The number of carbonyl (C=O) groups excluding carboxylic acids is 1. The molecule has 1 fully saturated rings. The number of oxazole rings is 1. The number of carbonyl (C=O) groups is 1. The van der Waals surface area contributed by atoms with E-state index in [4.69, 9.17) is 4.42 Å². The molecule has 8 heteroatoms. The van der Waals surface area contributed by atoms with Crippen molar-refractivity contribution in [3.63, 3.8) is 0 Å². The van der Waals surface area contributed by atoms with E-state index in [2.05, 4.69) is 14.8 Å². The van der Waals surface area contributed by atoms with E-state index in [0.717, 1.165) is 37.8 Å². The van der Waals surface area contributed by atoms with E-state index in [1.54, 1.807) is 18.0 Å². The van der Waals surface area contributed by atoms with Crippen molar-refractivity contribution in [2.75, 3.05) is 33.2 Å². The van der Waals surface area contributed by atoms with Crippen LogP contribution in [0.15, 0.2) is 59.2 Å². The Kier molecular flexibility index (Phi) is 6.92. The molecule has 4 rings (SSSR count). The van der Waals surface area contributed by atoms with Crippen LogP contribution in [0, 0.1) is 11.6 Å². The van der Waals surface area contributed by atoms with Crippen molar-refractivity contribution in [2.24, 2.45) is 0 Å². The van der Waals surface area contributed by atoms with Crippen LogP contribution >= 0.6 is 0 Å². The van der Waals surface area contributed by atoms with E-state index < -0.39 is 11.6 Å². The van der Waals surface area contributed by atoms with Gasteiger partial charge in [0.15, 0.2) is 17.3 Å². The van der Waals surface area contributed by atoms with Gasteiger partial charge in [-0.25, -0.2) is 13.8 Å². The van der Waals surface area contributed by atoms with Crippen LogP contribution in [0.5, 0.6) is 0 Å². The molecule has 1 saturated heterocycles. The van der Waals surface area contributed by atoms with Crippen LogP contribution in [0.1, 0.15) is 27.5 Å². The first-order chi connectivity index (χ1) is 15.5. The Balaban J connectivity index is 1.27. The zero-order valence-corrected chi connectivity index (χ0v) is 18.0. The van der Waals surface area contributed by atoms with Gasteiger partial charge in [-0.2, -0.15) is 0 Å². The van der Waals surface area contributed by atoms with Gasteiger partial charge in [0.05, 0.1) is 6.54 Å². The topological polar surface area (TPSA) is 52.8 Å². The maximum Gasteiger partial charge on any atom is 0.275 e. The van der Waals surface area contributed by atoms with Crippen molar-refractivity contribution in [1.29, 1.82) is 0 Å². The van der Waals surface area contributed by atoms with Gasteiger partial charge in [0.2, 0.25) is 5.89 Å². The summed E-state index contributed by atoms with van der Waals surface area (Å²) in [7, 11) is 1.74. The van der Waals surface area contributed by atoms with Gasteiger partial charge < -0.3 is 9.32 Å². The highest BCUT2D eigenvalue weighted by atomic mass is 19.2. The number of benzene rings is 2. The summed E-state index contributed by atoms with van der Waals surface area (Å²) in [4.78, 5) is 22.9. The smallest absolute Gasteiger partial charge is 0.275 e. The second kappa shape index (κ2) is 10.0. The van der Waals surface area contributed by atoms with Crippen LogP contribution in [-0.2, 0) is 19.6 Å². The molecule has 2 heterocycles. The minimum atomic E-state index is -0.815. The van der Waals surface area contributed by atoms with Gasteiger partial charge >= 0.3 is 0 Å². The molecule has 0 unspecified atom stereocenters. The molecular formula is C24H26F2N4O2. The molecule has 6 nitrogen and oxygen atoms in total. The summed E-state index contributed by atoms with van der Waals surface area (Å²) in [6.45, 7) is 4.31. The lowest BCUT2D eigenvalue weighted by molar-refractivity contribution is 0.0779. The number of nitrogens with zero attached hydrogens (tertiary/aromatic N) is 4. The van der Waals surface area contributed by atoms with E-state index in [-0.39, 0.29) is 5.91 Å². The minimum absolute atomic E-state index is 0.189. The molecule has 1 amide bonds. The lowest BCUT2D eigenvalue weighted by Gasteiger charge is -2.34. The largest absolute Gasteiger partial charge is 0.447 e. The van der Waals surface area contributed by atoms with Crippen molar-refractivity contribution < 1.29 is 18.0 Å². The SMILES string of the molecule is CN(Cc1ccccc1)C(=O)c1coc(CN2CCN(Cc3cccc(F)c3F)CC2)n1. The van der Waals surface area contributed by atoms with Crippen molar-refractivity contribution >= 4 is 5.91 Å². The van der Waals surface area contributed by atoms with Crippen LogP contribution in [0.2, 0.25) is 0 Å². The molecule has 0 radical (unpaired) electrons. The monoisotopic (exact) mass is 440 g/mol. The molecule has 0 spiro atoms. The lowest BCUT2D eigenvalue weighted by atomic mass is 10.1. The van der Waals surface area contributed by atoms with Crippen LogP contribution in [0.3, 0.4) is 0 Å². The third-order valence-electron chi connectivity index (χ3n) is 5.63. The first-order valence-corrected chi connectivity index (χ1v) is 10.6. The molecule has 1 aliphatic rings. The standard InChI is InChI=1S/C24H26F2N4O2/c1-28(14-18-6-3-2-4-7-18)24(31)21-17-32-22(27-21)16-30-12-10-29(11-13-30)15-19-8-5-9-20(25)23(19)26/h2-9,17H,10-16H2,1H3. The van der Waals surface area contributed by atoms with Gasteiger partial charge in [0.1, 0.15) is 6.26 Å². The first kappa shape index (κ1) is 22.1. The van der Waals surface area contributed by atoms with Crippen molar-refractivity contribution in [3.8, 4) is 0 Å². The molecule has 3 aromatic rings. The Morgan fingerprint density at radius 2 is 1.69 bits per heavy atom. The third kappa shape index (κ3) is 5.38. The average molecular weight is 440 g/mol. The summed E-state index contributed by atoms with van der Waals surface area (Å²) in [6.07, 6.45) is 1.40. The summed E-state index contributed by atoms with van der Waals surface area (Å²) in [5.41, 5.74) is 1.70.